The first-order valence-electron chi connectivity index (χ1n) is 10.2. The summed E-state index contributed by atoms with van der Waals surface area (Å²) in [7, 11) is 5.87. The Bertz CT molecular complexity index is 1200. The van der Waals surface area contributed by atoms with E-state index in [0.717, 1.165) is 16.3 Å². The summed E-state index contributed by atoms with van der Waals surface area (Å²) in [6.07, 6.45) is 1.56. The lowest BCUT2D eigenvalue weighted by atomic mass is 9.95. The molecule has 0 aliphatic carbocycles. The van der Waals surface area contributed by atoms with Gasteiger partial charge in [-0.3, -0.25) is 4.79 Å². The van der Waals surface area contributed by atoms with Gasteiger partial charge in [0.2, 0.25) is 5.75 Å². The van der Waals surface area contributed by atoms with Crippen molar-refractivity contribution in [2.75, 3.05) is 28.4 Å². The molecule has 1 atom stereocenters. The standard InChI is InChI=1S/C26H26O7/c1-15(26(29)33-5)17-6-7-19-14-20(9-8-18(19)13-17)21(25(27)28)10-16-11-22(30-2)24(32-4)23(12-16)31-3/h6-15H,1-5H3,(H,27,28)/b21-10+. The van der Waals surface area contributed by atoms with Crippen molar-refractivity contribution in [1.82, 2.24) is 0 Å². The Kier molecular flexibility index (Phi) is 7.23. The molecule has 0 bridgehead atoms. The molecule has 1 N–H and O–H groups in total. The van der Waals surface area contributed by atoms with E-state index >= 15 is 0 Å². The third kappa shape index (κ3) is 4.92. The molecule has 7 nitrogen and oxygen atoms in total. The number of hydrogen-bond acceptors (Lipinski definition) is 6. The van der Waals surface area contributed by atoms with Gasteiger partial charge >= 0.3 is 11.9 Å². The third-order valence-electron chi connectivity index (χ3n) is 5.46. The summed E-state index contributed by atoms with van der Waals surface area (Å²) in [4.78, 5) is 24.0. The predicted octanol–water partition coefficient (Wildman–Crippen LogP) is 4.77. The number of ether oxygens (including phenoxy) is 4. The zero-order valence-corrected chi connectivity index (χ0v) is 19.2. The molecule has 33 heavy (non-hydrogen) atoms. The molecule has 0 aliphatic rings. The number of hydrogen-bond donors (Lipinski definition) is 1. The van der Waals surface area contributed by atoms with Gasteiger partial charge in [-0.25, -0.2) is 4.79 Å². The average Bonchev–Trinajstić information content (AvgIpc) is 2.84. The molecule has 3 aromatic rings. The summed E-state index contributed by atoms with van der Waals surface area (Å²) in [6, 6.07) is 14.4. The molecule has 0 saturated heterocycles. The lowest BCUT2D eigenvalue weighted by molar-refractivity contribution is -0.142. The first-order chi connectivity index (χ1) is 15.8. The highest BCUT2D eigenvalue weighted by Crippen LogP contribution is 2.39. The summed E-state index contributed by atoms with van der Waals surface area (Å²) in [5.74, 6) is -0.492. The van der Waals surface area contributed by atoms with Crippen molar-refractivity contribution < 1.29 is 33.6 Å². The molecule has 0 aliphatic heterocycles. The van der Waals surface area contributed by atoms with Crippen LogP contribution >= 0.6 is 0 Å². The summed E-state index contributed by atoms with van der Waals surface area (Å²) >= 11 is 0. The van der Waals surface area contributed by atoms with Gasteiger partial charge in [0.1, 0.15) is 0 Å². The minimum absolute atomic E-state index is 0.109. The van der Waals surface area contributed by atoms with Crippen LogP contribution in [0.15, 0.2) is 48.5 Å². The van der Waals surface area contributed by atoms with Crippen molar-refractivity contribution >= 4 is 34.4 Å². The van der Waals surface area contributed by atoms with Gasteiger partial charge in [0.25, 0.3) is 0 Å². The van der Waals surface area contributed by atoms with Gasteiger partial charge in [0.15, 0.2) is 11.5 Å². The Morgan fingerprint density at radius 2 is 1.45 bits per heavy atom. The average molecular weight is 450 g/mol. The Balaban J connectivity index is 2.07. The molecule has 0 radical (unpaired) electrons. The third-order valence-corrected chi connectivity index (χ3v) is 5.46. The van der Waals surface area contributed by atoms with Gasteiger partial charge in [-0.2, -0.15) is 0 Å². The topological polar surface area (TPSA) is 91.3 Å². The fraction of sp³-hybridized carbons (Fsp3) is 0.231. The van der Waals surface area contributed by atoms with Gasteiger partial charge in [0.05, 0.1) is 39.9 Å². The van der Waals surface area contributed by atoms with Crippen LogP contribution in [-0.2, 0) is 14.3 Å². The molecule has 0 spiro atoms. The van der Waals surface area contributed by atoms with Crippen molar-refractivity contribution in [3.05, 3.63) is 65.2 Å². The van der Waals surface area contributed by atoms with Crippen LogP contribution in [0.25, 0.3) is 22.4 Å². The van der Waals surface area contributed by atoms with Crippen LogP contribution in [0.5, 0.6) is 17.2 Å². The molecule has 0 amide bonds. The smallest absolute Gasteiger partial charge is 0.336 e. The lowest BCUT2D eigenvalue weighted by Crippen LogP contribution is -2.10. The van der Waals surface area contributed by atoms with Gasteiger partial charge in [-0.1, -0.05) is 30.3 Å². The predicted molar refractivity (Wildman–Crippen MR) is 126 cm³/mol. The van der Waals surface area contributed by atoms with E-state index < -0.39 is 11.9 Å². The molecule has 3 aromatic carbocycles. The lowest BCUT2D eigenvalue weighted by Gasteiger charge is -2.13. The van der Waals surface area contributed by atoms with Crippen LogP contribution in [-0.4, -0.2) is 45.5 Å². The molecule has 0 fully saturated rings. The SMILES string of the molecule is COC(=O)C(C)c1ccc2cc(/C(=C\c3cc(OC)c(OC)c(OC)c3)C(=O)O)ccc2c1. The van der Waals surface area contributed by atoms with E-state index in [1.807, 2.05) is 24.3 Å². The van der Waals surface area contributed by atoms with Crippen molar-refractivity contribution in [1.29, 1.82) is 0 Å². The molecular weight excluding hydrogens is 424 g/mol. The summed E-state index contributed by atoms with van der Waals surface area (Å²) in [6.45, 7) is 1.78. The van der Waals surface area contributed by atoms with E-state index in [-0.39, 0.29) is 11.5 Å². The second-order valence-electron chi connectivity index (χ2n) is 7.39. The summed E-state index contributed by atoms with van der Waals surface area (Å²) in [5.41, 5.74) is 2.06. The molecule has 0 saturated carbocycles. The van der Waals surface area contributed by atoms with Crippen molar-refractivity contribution in [2.24, 2.45) is 0 Å². The second kappa shape index (κ2) is 10.1. The number of methoxy groups -OCH3 is 4. The van der Waals surface area contributed by atoms with Crippen molar-refractivity contribution in [3.63, 3.8) is 0 Å². The van der Waals surface area contributed by atoms with Crippen LogP contribution in [0.1, 0.15) is 29.5 Å². The molecule has 0 aromatic heterocycles. The van der Waals surface area contributed by atoms with Crippen LogP contribution in [0.3, 0.4) is 0 Å². The first-order valence-corrected chi connectivity index (χ1v) is 10.2. The highest BCUT2D eigenvalue weighted by Gasteiger charge is 2.18. The number of carboxylic acids is 1. The zero-order chi connectivity index (χ0) is 24.1. The van der Waals surface area contributed by atoms with E-state index in [2.05, 4.69) is 0 Å². The van der Waals surface area contributed by atoms with Crippen LogP contribution in [0.2, 0.25) is 0 Å². The second-order valence-corrected chi connectivity index (χ2v) is 7.39. The Morgan fingerprint density at radius 1 is 0.848 bits per heavy atom. The number of carbonyl (C=O) groups is 2. The maximum Gasteiger partial charge on any atom is 0.336 e. The van der Waals surface area contributed by atoms with Gasteiger partial charge < -0.3 is 24.1 Å². The summed E-state index contributed by atoms with van der Waals surface area (Å²) in [5, 5.41) is 11.7. The number of carboxylic acid groups (broad SMARTS) is 1. The van der Waals surface area contributed by atoms with Crippen molar-refractivity contribution in [2.45, 2.75) is 12.8 Å². The highest BCUT2D eigenvalue weighted by atomic mass is 16.5. The summed E-state index contributed by atoms with van der Waals surface area (Å²) < 4.78 is 20.9. The number of aliphatic carboxylic acids is 1. The number of esters is 1. The van der Waals surface area contributed by atoms with Gasteiger partial charge in [-0.05, 0) is 58.7 Å². The first kappa shape index (κ1) is 23.7. The maximum absolute atomic E-state index is 12.1. The van der Waals surface area contributed by atoms with Crippen LogP contribution < -0.4 is 14.2 Å². The number of benzene rings is 3. The van der Waals surface area contributed by atoms with E-state index in [1.54, 1.807) is 37.3 Å². The molecule has 1 unspecified atom stereocenters. The van der Waals surface area contributed by atoms with Crippen LogP contribution in [0, 0.1) is 0 Å². The number of rotatable bonds is 8. The van der Waals surface area contributed by atoms with Gasteiger partial charge in [-0.15, -0.1) is 0 Å². The van der Waals surface area contributed by atoms with Crippen LogP contribution in [0.4, 0.5) is 0 Å². The number of carbonyl (C=O) groups excluding carboxylic acids is 1. The highest BCUT2D eigenvalue weighted by molar-refractivity contribution is 6.21. The van der Waals surface area contributed by atoms with E-state index in [9.17, 15) is 14.7 Å². The monoisotopic (exact) mass is 450 g/mol. The molecule has 3 rings (SSSR count). The normalized spacial score (nSPS) is 12.2. The van der Waals surface area contributed by atoms with E-state index in [0.29, 0.717) is 28.4 Å². The minimum atomic E-state index is -1.07. The van der Waals surface area contributed by atoms with E-state index in [4.69, 9.17) is 18.9 Å². The Labute approximate surface area is 192 Å². The van der Waals surface area contributed by atoms with Crippen molar-refractivity contribution in [3.8, 4) is 17.2 Å². The molecule has 172 valence electrons. The van der Waals surface area contributed by atoms with Gasteiger partial charge in [0, 0.05) is 0 Å². The number of fused-ring (bicyclic) bond motifs is 1. The molecule has 0 heterocycles. The quantitative estimate of drug-likeness (QED) is 0.300. The Morgan fingerprint density at radius 3 is 2.00 bits per heavy atom. The molecular formula is C26H26O7. The largest absolute Gasteiger partial charge is 0.493 e. The zero-order valence-electron chi connectivity index (χ0n) is 19.2. The fourth-order valence-corrected chi connectivity index (χ4v) is 3.63. The molecule has 7 heteroatoms. The maximum atomic E-state index is 12.1. The Hall–Kier alpha value is -4.00. The van der Waals surface area contributed by atoms with E-state index in [1.165, 1.54) is 28.4 Å². The fourth-order valence-electron chi connectivity index (χ4n) is 3.63. The minimum Gasteiger partial charge on any atom is -0.493 e.